The van der Waals surface area contributed by atoms with Crippen LogP contribution in [0.4, 0.5) is 5.69 Å². The van der Waals surface area contributed by atoms with Gasteiger partial charge in [0.1, 0.15) is 0 Å². The summed E-state index contributed by atoms with van der Waals surface area (Å²) in [6, 6.07) is 12.3. The summed E-state index contributed by atoms with van der Waals surface area (Å²) in [6.07, 6.45) is 1.10. The van der Waals surface area contributed by atoms with Gasteiger partial charge in [0.2, 0.25) is 0 Å². The van der Waals surface area contributed by atoms with Crippen LogP contribution in [0.3, 0.4) is 0 Å². The fourth-order valence-electron chi connectivity index (χ4n) is 2.38. The second-order valence-corrected chi connectivity index (χ2v) is 8.19. The molecule has 0 heterocycles. The third kappa shape index (κ3) is 6.51. The molecule has 0 saturated heterocycles. The molecule has 0 aliphatic rings. The first kappa shape index (κ1) is 21.1. The van der Waals surface area contributed by atoms with Crippen LogP contribution in [-0.4, -0.2) is 46.1 Å². The Morgan fingerprint density at radius 3 is 2.36 bits per heavy atom. The van der Waals surface area contributed by atoms with Gasteiger partial charge in [-0.2, -0.15) is 0 Å². The lowest BCUT2D eigenvalue weighted by Crippen LogP contribution is -2.22. The summed E-state index contributed by atoms with van der Waals surface area (Å²) in [5.41, 5.74) is 1.36. The van der Waals surface area contributed by atoms with Gasteiger partial charge in [-0.05, 0) is 35.9 Å². The first-order chi connectivity index (χ1) is 13.2. The first-order valence-electron chi connectivity index (χ1n) is 8.24. The number of benzene rings is 2. The van der Waals surface area contributed by atoms with Gasteiger partial charge < -0.3 is 15.4 Å². The highest BCUT2D eigenvalue weighted by Crippen LogP contribution is 2.12. The van der Waals surface area contributed by atoms with Crippen LogP contribution in [0.15, 0.2) is 48.5 Å². The SMILES string of the molecule is CNC(=O)c1cccc(NC(=O)COC(=O)c2cccc(CS(C)(=O)=O)c2)c1. The van der Waals surface area contributed by atoms with Gasteiger partial charge in [-0.15, -0.1) is 0 Å². The fourth-order valence-corrected chi connectivity index (χ4v) is 3.17. The van der Waals surface area contributed by atoms with Crippen LogP contribution >= 0.6 is 0 Å². The molecule has 0 fully saturated rings. The number of nitrogens with one attached hydrogen (secondary N) is 2. The number of carbonyl (C=O) groups excluding carboxylic acids is 3. The van der Waals surface area contributed by atoms with Crippen molar-refractivity contribution in [1.29, 1.82) is 0 Å². The summed E-state index contributed by atoms with van der Waals surface area (Å²) in [7, 11) is -1.74. The number of anilines is 1. The maximum atomic E-state index is 12.1. The minimum absolute atomic E-state index is 0.149. The Bertz CT molecular complexity index is 1000. The minimum Gasteiger partial charge on any atom is -0.452 e. The molecular weight excluding hydrogens is 384 g/mol. The van der Waals surface area contributed by atoms with E-state index < -0.39 is 28.3 Å². The van der Waals surface area contributed by atoms with Crippen molar-refractivity contribution in [3.8, 4) is 0 Å². The predicted octanol–water partition coefficient (Wildman–Crippen LogP) is 1.39. The van der Waals surface area contributed by atoms with E-state index in [1.54, 1.807) is 30.3 Å². The topological polar surface area (TPSA) is 119 Å². The van der Waals surface area contributed by atoms with Gasteiger partial charge in [-0.1, -0.05) is 18.2 Å². The highest BCUT2D eigenvalue weighted by atomic mass is 32.2. The van der Waals surface area contributed by atoms with Gasteiger partial charge in [-0.3, -0.25) is 9.59 Å². The summed E-state index contributed by atoms with van der Waals surface area (Å²) in [6.45, 7) is -0.528. The van der Waals surface area contributed by atoms with E-state index in [1.807, 2.05) is 0 Å². The molecule has 0 aliphatic heterocycles. The van der Waals surface area contributed by atoms with Gasteiger partial charge in [0, 0.05) is 24.6 Å². The Labute approximate surface area is 162 Å². The molecular formula is C19H20N2O6S. The Morgan fingerprint density at radius 2 is 1.68 bits per heavy atom. The molecule has 2 N–H and O–H groups in total. The van der Waals surface area contributed by atoms with Crippen LogP contribution in [0.2, 0.25) is 0 Å². The summed E-state index contributed by atoms with van der Waals surface area (Å²) in [5.74, 6) is -1.81. The third-order valence-corrected chi connectivity index (χ3v) is 4.42. The highest BCUT2D eigenvalue weighted by Gasteiger charge is 2.13. The molecule has 2 amide bonds. The zero-order valence-corrected chi connectivity index (χ0v) is 16.2. The van der Waals surface area contributed by atoms with E-state index in [0.29, 0.717) is 16.8 Å². The molecule has 8 nitrogen and oxygen atoms in total. The smallest absolute Gasteiger partial charge is 0.338 e. The molecule has 0 unspecified atom stereocenters. The number of esters is 1. The average molecular weight is 404 g/mol. The van der Waals surface area contributed by atoms with Crippen molar-refractivity contribution in [2.75, 3.05) is 25.2 Å². The fraction of sp³-hybridized carbons (Fsp3) is 0.211. The third-order valence-electron chi connectivity index (χ3n) is 3.56. The predicted molar refractivity (Wildman–Crippen MR) is 104 cm³/mol. The Morgan fingerprint density at radius 1 is 1.00 bits per heavy atom. The largest absolute Gasteiger partial charge is 0.452 e. The van der Waals surface area contributed by atoms with Crippen molar-refractivity contribution in [3.63, 3.8) is 0 Å². The molecule has 0 radical (unpaired) electrons. The standard InChI is InChI=1S/C19H20N2O6S/c1-20-18(23)14-6-4-8-16(10-14)21-17(22)11-27-19(24)15-7-3-5-13(9-15)12-28(2,25)26/h3-10H,11-12H2,1-2H3,(H,20,23)(H,21,22). The number of rotatable bonds is 7. The van der Waals surface area contributed by atoms with Gasteiger partial charge in [0.05, 0.1) is 11.3 Å². The van der Waals surface area contributed by atoms with E-state index in [-0.39, 0.29) is 17.2 Å². The van der Waals surface area contributed by atoms with Crippen LogP contribution in [-0.2, 0) is 25.1 Å². The van der Waals surface area contributed by atoms with Crippen LogP contribution in [0.5, 0.6) is 0 Å². The molecule has 148 valence electrons. The first-order valence-corrected chi connectivity index (χ1v) is 10.3. The second-order valence-electron chi connectivity index (χ2n) is 6.05. The van der Waals surface area contributed by atoms with Gasteiger partial charge >= 0.3 is 5.97 Å². The van der Waals surface area contributed by atoms with Crippen LogP contribution in [0.1, 0.15) is 26.3 Å². The summed E-state index contributed by atoms with van der Waals surface area (Å²) >= 11 is 0. The molecule has 2 aromatic carbocycles. The molecule has 0 aliphatic carbocycles. The summed E-state index contributed by atoms with van der Waals surface area (Å²) in [4.78, 5) is 35.7. The van der Waals surface area contributed by atoms with Gasteiger partial charge in [-0.25, -0.2) is 13.2 Å². The molecule has 0 atom stereocenters. The quantitative estimate of drug-likeness (QED) is 0.673. The number of hydrogen-bond donors (Lipinski definition) is 2. The van der Waals surface area contributed by atoms with E-state index in [4.69, 9.17) is 4.74 Å². The van der Waals surface area contributed by atoms with Crippen LogP contribution in [0, 0.1) is 0 Å². The number of carbonyl (C=O) groups is 3. The average Bonchev–Trinajstić information content (AvgIpc) is 2.64. The van der Waals surface area contributed by atoms with E-state index >= 15 is 0 Å². The zero-order valence-electron chi connectivity index (χ0n) is 15.4. The lowest BCUT2D eigenvalue weighted by atomic mass is 10.1. The zero-order chi connectivity index (χ0) is 20.7. The minimum atomic E-state index is -3.24. The molecule has 0 bridgehead atoms. The number of hydrogen-bond acceptors (Lipinski definition) is 6. The molecule has 2 rings (SSSR count). The van der Waals surface area contributed by atoms with Crippen molar-refractivity contribution in [3.05, 3.63) is 65.2 Å². The van der Waals surface area contributed by atoms with E-state index in [2.05, 4.69) is 10.6 Å². The second kappa shape index (κ2) is 9.14. The molecule has 0 saturated carbocycles. The van der Waals surface area contributed by atoms with Crippen molar-refractivity contribution in [1.82, 2.24) is 5.32 Å². The van der Waals surface area contributed by atoms with Gasteiger partial charge in [0.25, 0.3) is 11.8 Å². The van der Waals surface area contributed by atoms with Gasteiger partial charge in [0.15, 0.2) is 16.4 Å². The molecule has 28 heavy (non-hydrogen) atoms. The normalized spacial score (nSPS) is 10.8. The molecule has 2 aromatic rings. The van der Waals surface area contributed by atoms with E-state index in [9.17, 15) is 22.8 Å². The van der Waals surface area contributed by atoms with E-state index in [1.165, 1.54) is 25.2 Å². The lowest BCUT2D eigenvalue weighted by molar-refractivity contribution is -0.119. The van der Waals surface area contributed by atoms with Crippen molar-refractivity contribution in [2.24, 2.45) is 0 Å². The maximum Gasteiger partial charge on any atom is 0.338 e. The Balaban J connectivity index is 1.95. The molecule has 0 spiro atoms. The van der Waals surface area contributed by atoms with E-state index in [0.717, 1.165) is 6.26 Å². The Hall–Kier alpha value is -3.20. The lowest BCUT2D eigenvalue weighted by Gasteiger charge is -2.08. The monoisotopic (exact) mass is 404 g/mol. The number of amides is 2. The Kier molecular flexibility index (Phi) is 6.89. The number of sulfone groups is 1. The van der Waals surface area contributed by atoms with Crippen LogP contribution in [0.25, 0.3) is 0 Å². The van der Waals surface area contributed by atoms with Crippen molar-refractivity contribution in [2.45, 2.75) is 5.75 Å². The highest BCUT2D eigenvalue weighted by molar-refractivity contribution is 7.89. The van der Waals surface area contributed by atoms with Crippen molar-refractivity contribution >= 4 is 33.3 Å². The molecule has 9 heteroatoms. The summed E-state index contributed by atoms with van der Waals surface area (Å²) in [5, 5.41) is 5.02. The van der Waals surface area contributed by atoms with Crippen LogP contribution < -0.4 is 10.6 Å². The number of ether oxygens (including phenoxy) is 1. The molecule has 0 aromatic heterocycles. The van der Waals surface area contributed by atoms with Crippen molar-refractivity contribution < 1.29 is 27.5 Å². The summed E-state index contributed by atoms with van der Waals surface area (Å²) < 4.78 is 27.7. The maximum absolute atomic E-state index is 12.1.